The molecule has 0 N–H and O–H groups in total. The van der Waals surface area contributed by atoms with Crippen LogP contribution in [0, 0.1) is 0 Å². The molecule has 0 bridgehead atoms. The maximum absolute atomic E-state index is 13.9. The first-order valence-electron chi connectivity index (χ1n) is 10.6. The van der Waals surface area contributed by atoms with Gasteiger partial charge in [0.05, 0.1) is 26.4 Å². The van der Waals surface area contributed by atoms with Gasteiger partial charge < -0.3 is 18.1 Å². The summed E-state index contributed by atoms with van der Waals surface area (Å²) in [7, 11) is -8.38. The molecule has 2 rings (SSSR count). The number of hydrogen-bond acceptors (Lipinski definition) is 9. The predicted molar refractivity (Wildman–Crippen MR) is 118 cm³/mol. The zero-order chi connectivity index (χ0) is 23.1. The van der Waals surface area contributed by atoms with Crippen molar-refractivity contribution in [2.75, 3.05) is 26.4 Å². The molecule has 0 fully saturated rings. The zero-order valence-electron chi connectivity index (χ0n) is 18.8. The molecular weight excluding hydrogens is 442 g/mol. The van der Waals surface area contributed by atoms with Crippen molar-refractivity contribution in [1.29, 1.82) is 0 Å². The van der Waals surface area contributed by atoms with Gasteiger partial charge in [0.2, 0.25) is 0 Å². The zero-order valence-corrected chi connectivity index (χ0v) is 20.6. The Hall–Kier alpha value is -1.21. The summed E-state index contributed by atoms with van der Waals surface area (Å²) in [5.41, 5.74) is 1.44. The van der Waals surface area contributed by atoms with Crippen molar-refractivity contribution in [3.63, 3.8) is 0 Å². The number of carbonyl (C=O) groups excluding carboxylic acids is 1. The minimum absolute atomic E-state index is 0.0178. The second kappa shape index (κ2) is 11.1. The molecule has 0 aliphatic carbocycles. The second-order valence-corrected chi connectivity index (χ2v) is 11.6. The van der Waals surface area contributed by atoms with Crippen molar-refractivity contribution in [1.82, 2.24) is 0 Å². The lowest BCUT2D eigenvalue weighted by Gasteiger charge is -2.36. The van der Waals surface area contributed by atoms with Gasteiger partial charge in [0.15, 0.2) is 5.78 Å². The predicted octanol–water partition coefficient (Wildman–Crippen LogP) is 5.84. The fourth-order valence-electron chi connectivity index (χ4n) is 3.44. The first-order chi connectivity index (χ1) is 14.8. The highest BCUT2D eigenvalue weighted by Crippen LogP contribution is 2.81. The highest BCUT2D eigenvalue weighted by atomic mass is 31.2. The van der Waals surface area contributed by atoms with Crippen LogP contribution >= 0.6 is 15.2 Å². The van der Waals surface area contributed by atoms with E-state index >= 15 is 0 Å². The van der Waals surface area contributed by atoms with E-state index < -0.39 is 26.3 Å². The quantitative estimate of drug-likeness (QED) is 0.261. The van der Waals surface area contributed by atoms with E-state index in [1.807, 2.05) is 13.0 Å². The molecule has 1 heterocycles. The molecule has 174 valence electrons. The van der Waals surface area contributed by atoms with E-state index in [1.165, 1.54) is 0 Å². The van der Waals surface area contributed by atoms with Crippen LogP contribution in [-0.4, -0.2) is 43.3 Å². The number of hydrogen-bond donors (Lipinski definition) is 0. The molecule has 0 saturated heterocycles. The van der Waals surface area contributed by atoms with E-state index in [-0.39, 0.29) is 38.6 Å². The number of nitrogens with zero attached hydrogens (tertiary/aromatic N) is 2. The highest BCUT2D eigenvalue weighted by Gasteiger charge is 2.69. The fraction of sp³-hybridized carbons (Fsp3) is 0.650. The van der Waals surface area contributed by atoms with Crippen LogP contribution in [0.2, 0.25) is 0 Å². The summed E-state index contributed by atoms with van der Waals surface area (Å²) in [4.78, 5) is 13.2. The maximum Gasteiger partial charge on any atom is 0.372 e. The summed E-state index contributed by atoms with van der Waals surface area (Å²) >= 11 is 0. The van der Waals surface area contributed by atoms with Crippen molar-refractivity contribution in [3.05, 3.63) is 35.4 Å². The smallest absolute Gasteiger partial charge is 0.307 e. The molecular formula is C20H32N2O7P2. The van der Waals surface area contributed by atoms with Crippen molar-refractivity contribution < 1.29 is 32.0 Å². The number of aryl methyl sites for hydroxylation is 1. The van der Waals surface area contributed by atoms with Gasteiger partial charge in [0.25, 0.3) is 5.02 Å². The lowest BCUT2D eigenvalue weighted by atomic mass is 10.00. The van der Waals surface area contributed by atoms with Gasteiger partial charge in [-0.15, -0.1) is 0 Å². The minimum atomic E-state index is -4.19. The second-order valence-electron chi connectivity index (χ2n) is 6.79. The Morgan fingerprint density at radius 1 is 0.968 bits per heavy atom. The molecule has 1 atom stereocenters. The summed E-state index contributed by atoms with van der Waals surface area (Å²) in [5, 5.41) is 6.17. The Labute approximate surface area is 184 Å². The number of Topliss-reactive ketones (excluding diaryl/α,β-unsaturated/α-hetero) is 1. The number of carbonyl (C=O) groups is 1. The SMILES string of the molecule is CCOP(=O)(OCC)C1(P(=O)(OCC)OCC)CC(C(=O)c2cccc(CC)c2)N=N1. The van der Waals surface area contributed by atoms with Crippen molar-refractivity contribution in [3.8, 4) is 0 Å². The van der Waals surface area contributed by atoms with E-state index in [9.17, 15) is 13.9 Å². The van der Waals surface area contributed by atoms with Crippen LogP contribution in [0.1, 0.15) is 57.0 Å². The molecule has 1 aromatic rings. The van der Waals surface area contributed by atoms with Gasteiger partial charge in [0, 0.05) is 12.0 Å². The van der Waals surface area contributed by atoms with E-state index in [1.54, 1.807) is 45.9 Å². The monoisotopic (exact) mass is 474 g/mol. The van der Waals surface area contributed by atoms with Gasteiger partial charge in [0.1, 0.15) is 6.04 Å². The van der Waals surface area contributed by atoms with Crippen molar-refractivity contribution in [2.45, 2.75) is 58.5 Å². The number of benzene rings is 1. The molecule has 1 aliphatic rings. The van der Waals surface area contributed by atoms with Crippen LogP contribution in [0.3, 0.4) is 0 Å². The Kier molecular flexibility index (Phi) is 9.31. The van der Waals surface area contributed by atoms with Crippen LogP contribution in [0.5, 0.6) is 0 Å². The largest absolute Gasteiger partial charge is 0.372 e. The average molecular weight is 474 g/mol. The molecule has 0 radical (unpaired) electrons. The van der Waals surface area contributed by atoms with E-state index in [2.05, 4.69) is 10.2 Å². The Morgan fingerprint density at radius 2 is 1.48 bits per heavy atom. The Morgan fingerprint density at radius 3 is 1.94 bits per heavy atom. The Bertz CT molecular complexity index is 840. The molecule has 1 aromatic carbocycles. The molecule has 0 spiro atoms. The molecule has 0 amide bonds. The normalized spacial score (nSPS) is 18.4. The molecule has 11 heteroatoms. The van der Waals surface area contributed by atoms with Gasteiger partial charge in [-0.05, 0) is 45.7 Å². The number of rotatable bonds is 13. The first-order valence-corrected chi connectivity index (χ1v) is 13.7. The van der Waals surface area contributed by atoms with Crippen LogP contribution < -0.4 is 0 Å². The lowest BCUT2D eigenvalue weighted by Crippen LogP contribution is -2.33. The standard InChI is InChI=1S/C20H32N2O7P2/c1-6-16-12-11-13-17(14-16)19(23)18-15-20(22-21-18,30(24,26-7-2)27-8-3)31(25,28-9-4)29-10-5/h11-14,18H,6-10,15H2,1-5H3. The molecule has 0 saturated carbocycles. The third-order valence-electron chi connectivity index (χ3n) is 4.82. The third kappa shape index (κ3) is 5.08. The first kappa shape index (κ1) is 26.0. The highest BCUT2D eigenvalue weighted by molar-refractivity contribution is 7.74. The summed E-state index contributed by atoms with van der Waals surface area (Å²) in [6, 6.07) is 6.17. The van der Waals surface area contributed by atoms with Gasteiger partial charge >= 0.3 is 15.2 Å². The van der Waals surface area contributed by atoms with E-state index in [0.717, 1.165) is 12.0 Å². The molecule has 9 nitrogen and oxygen atoms in total. The number of azo groups is 1. The van der Waals surface area contributed by atoms with E-state index in [0.29, 0.717) is 5.56 Å². The molecule has 0 aromatic heterocycles. The Balaban J connectivity index is 2.55. The summed E-state index contributed by atoms with van der Waals surface area (Å²) in [6.45, 7) is 8.60. The average Bonchev–Trinajstić information content (AvgIpc) is 3.22. The maximum atomic E-state index is 13.9. The lowest BCUT2D eigenvalue weighted by molar-refractivity contribution is 0.0960. The molecule has 31 heavy (non-hydrogen) atoms. The van der Waals surface area contributed by atoms with E-state index in [4.69, 9.17) is 18.1 Å². The van der Waals surface area contributed by atoms with Crippen molar-refractivity contribution in [2.24, 2.45) is 10.2 Å². The third-order valence-corrected chi connectivity index (χ3v) is 11.0. The van der Waals surface area contributed by atoms with Gasteiger partial charge in [-0.1, -0.05) is 25.1 Å². The molecule has 1 unspecified atom stereocenters. The van der Waals surface area contributed by atoms with Crippen LogP contribution in [0.25, 0.3) is 0 Å². The van der Waals surface area contributed by atoms with Crippen molar-refractivity contribution >= 4 is 21.0 Å². The van der Waals surface area contributed by atoms with Gasteiger partial charge in [-0.25, -0.2) is 0 Å². The van der Waals surface area contributed by atoms with Crippen LogP contribution in [0.4, 0.5) is 0 Å². The molecule has 1 aliphatic heterocycles. The number of ketones is 1. The summed E-state index contributed by atoms with van der Waals surface area (Å²) < 4.78 is 49.8. The van der Waals surface area contributed by atoms with Gasteiger partial charge in [-0.2, -0.15) is 10.2 Å². The topological polar surface area (TPSA) is 113 Å². The van der Waals surface area contributed by atoms with Gasteiger partial charge in [-0.3, -0.25) is 13.9 Å². The minimum Gasteiger partial charge on any atom is -0.307 e. The summed E-state index contributed by atoms with van der Waals surface area (Å²) in [5.74, 6) is -0.319. The summed E-state index contributed by atoms with van der Waals surface area (Å²) in [6.07, 6.45) is 0.502. The van der Waals surface area contributed by atoms with Crippen LogP contribution in [0.15, 0.2) is 34.5 Å². The van der Waals surface area contributed by atoms with Crippen LogP contribution in [-0.2, 0) is 33.6 Å². The fourth-order valence-corrected chi connectivity index (χ4v) is 8.78.